The number of methoxy groups -OCH3 is 1. The van der Waals surface area contributed by atoms with Gasteiger partial charge in [-0.1, -0.05) is 0 Å². The van der Waals surface area contributed by atoms with Gasteiger partial charge in [0.15, 0.2) is 0 Å². The van der Waals surface area contributed by atoms with Gasteiger partial charge in [0.2, 0.25) is 15.9 Å². The van der Waals surface area contributed by atoms with Crippen molar-refractivity contribution in [2.45, 2.75) is 11.3 Å². The van der Waals surface area contributed by atoms with Gasteiger partial charge in [0.1, 0.15) is 5.82 Å². The van der Waals surface area contributed by atoms with Gasteiger partial charge >= 0.3 is 0 Å². The van der Waals surface area contributed by atoms with Crippen LogP contribution in [0.5, 0.6) is 0 Å². The van der Waals surface area contributed by atoms with Gasteiger partial charge in [-0.2, -0.15) is 4.31 Å². The number of halogens is 1. The summed E-state index contributed by atoms with van der Waals surface area (Å²) in [6, 6.07) is 4.45. The van der Waals surface area contributed by atoms with Gasteiger partial charge in [0, 0.05) is 27.3 Å². The van der Waals surface area contributed by atoms with Crippen molar-refractivity contribution >= 4 is 15.9 Å². The summed E-state index contributed by atoms with van der Waals surface area (Å²) < 4.78 is 48.4. The van der Waals surface area contributed by atoms with Crippen LogP contribution >= 0.6 is 0 Å². The van der Waals surface area contributed by atoms with Crippen molar-refractivity contribution in [3.63, 3.8) is 0 Å². The van der Waals surface area contributed by atoms with E-state index in [0.29, 0.717) is 32.8 Å². The molecule has 24 heavy (non-hydrogen) atoms. The number of carbonyl (C=O) groups is 1. The lowest BCUT2D eigenvalue weighted by Gasteiger charge is -2.17. The number of likely N-dealkylation sites (N-methyl/N-ethyl adjacent to an activating group) is 1. The van der Waals surface area contributed by atoms with Crippen molar-refractivity contribution < 1.29 is 27.1 Å². The van der Waals surface area contributed by atoms with Crippen LogP contribution in [0.4, 0.5) is 4.39 Å². The maximum Gasteiger partial charge on any atom is 0.243 e. The van der Waals surface area contributed by atoms with Crippen LogP contribution in [0.1, 0.15) is 6.42 Å². The summed E-state index contributed by atoms with van der Waals surface area (Å²) in [5.74, 6) is -0.942. The maximum absolute atomic E-state index is 12.9. The highest BCUT2D eigenvalue weighted by atomic mass is 32.2. The van der Waals surface area contributed by atoms with E-state index in [1.165, 1.54) is 7.05 Å². The number of amides is 1. The molecule has 0 heterocycles. The van der Waals surface area contributed by atoms with Crippen LogP contribution < -0.4 is 5.32 Å². The number of carbonyl (C=O) groups excluding carboxylic acids is 1. The molecule has 1 aromatic carbocycles. The molecule has 9 heteroatoms. The first kappa shape index (κ1) is 20.5. The summed E-state index contributed by atoms with van der Waals surface area (Å²) in [4.78, 5) is 11.7. The van der Waals surface area contributed by atoms with E-state index in [9.17, 15) is 17.6 Å². The van der Waals surface area contributed by atoms with Gasteiger partial charge in [0.25, 0.3) is 0 Å². The Labute approximate surface area is 141 Å². The number of ether oxygens (including phenoxy) is 2. The molecule has 7 nitrogen and oxygen atoms in total. The summed E-state index contributed by atoms with van der Waals surface area (Å²) in [5, 5.41) is 2.62. The number of rotatable bonds is 11. The third kappa shape index (κ3) is 6.91. The second-order valence-corrected chi connectivity index (χ2v) is 7.07. The van der Waals surface area contributed by atoms with Crippen molar-refractivity contribution in [2.24, 2.45) is 0 Å². The molecule has 0 aromatic heterocycles. The standard InChI is InChI=1S/C15H23FN2O5S/c1-18(24(20,21)14-6-4-13(16)5-7-14)12-15(19)17-8-3-9-23-11-10-22-2/h4-7H,3,8-12H2,1-2H3,(H,17,19). The number of hydrogen-bond acceptors (Lipinski definition) is 5. The topological polar surface area (TPSA) is 84.9 Å². The van der Waals surface area contributed by atoms with Crippen LogP contribution in [-0.4, -0.2) is 65.7 Å². The minimum absolute atomic E-state index is 0.0641. The largest absolute Gasteiger partial charge is 0.382 e. The lowest BCUT2D eigenvalue weighted by Crippen LogP contribution is -2.38. The van der Waals surface area contributed by atoms with Crippen LogP contribution in [0.25, 0.3) is 0 Å². The Morgan fingerprint density at radius 1 is 1.21 bits per heavy atom. The minimum Gasteiger partial charge on any atom is -0.382 e. The zero-order valence-electron chi connectivity index (χ0n) is 13.8. The van der Waals surface area contributed by atoms with Crippen molar-refractivity contribution in [2.75, 3.05) is 47.1 Å². The molecule has 0 fully saturated rings. The Balaban J connectivity index is 2.36. The molecule has 0 spiro atoms. The van der Waals surface area contributed by atoms with E-state index in [0.717, 1.165) is 28.6 Å². The molecule has 1 amide bonds. The average Bonchev–Trinajstić information content (AvgIpc) is 2.54. The lowest BCUT2D eigenvalue weighted by molar-refractivity contribution is -0.121. The van der Waals surface area contributed by atoms with Crippen molar-refractivity contribution in [3.05, 3.63) is 30.1 Å². The molecule has 0 unspecified atom stereocenters. The van der Waals surface area contributed by atoms with E-state index in [4.69, 9.17) is 9.47 Å². The highest BCUT2D eigenvalue weighted by Gasteiger charge is 2.22. The van der Waals surface area contributed by atoms with Crippen molar-refractivity contribution in [1.29, 1.82) is 0 Å². The van der Waals surface area contributed by atoms with Gasteiger partial charge in [-0.15, -0.1) is 0 Å². The number of sulfonamides is 1. The van der Waals surface area contributed by atoms with Gasteiger partial charge in [-0.3, -0.25) is 4.79 Å². The van der Waals surface area contributed by atoms with Crippen LogP contribution in [0.3, 0.4) is 0 Å². The molecule has 1 N–H and O–H groups in total. The third-order valence-electron chi connectivity index (χ3n) is 3.11. The molecule has 1 aromatic rings. The molecular formula is C15H23FN2O5S. The SMILES string of the molecule is COCCOCCCNC(=O)CN(C)S(=O)(=O)c1ccc(F)cc1. The van der Waals surface area contributed by atoms with Crippen LogP contribution in [0.2, 0.25) is 0 Å². The first-order valence-corrected chi connectivity index (χ1v) is 8.87. The minimum atomic E-state index is -3.83. The number of nitrogens with one attached hydrogen (secondary N) is 1. The Morgan fingerprint density at radius 3 is 2.50 bits per heavy atom. The van der Waals surface area contributed by atoms with Crippen molar-refractivity contribution in [3.8, 4) is 0 Å². The first-order chi connectivity index (χ1) is 11.4. The zero-order valence-corrected chi connectivity index (χ0v) is 14.6. The van der Waals surface area contributed by atoms with Gasteiger partial charge in [-0.25, -0.2) is 12.8 Å². The summed E-state index contributed by atoms with van der Waals surface area (Å²) >= 11 is 0. The highest BCUT2D eigenvalue weighted by Crippen LogP contribution is 2.14. The number of benzene rings is 1. The van der Waals surface area contributed by atoms with E-state index in [1.807, 2.05) is 0 Å². The quantitative estimate of drug-likeness (QED) is 0.583. The molecule has 136 valence electrons. The summed E-state index contributed by atoms with van der Waals surface area (Å²) in [6.07, 6.45) is 0.615. The van der Waals surface area contributed by atoms with E-state index in [-0.39, 0.29) is 11.4 Å². The second kappa shape index (κ2) is 10.3. The molecule has 0 saturated carbocycles. The van der Waals surface area contributed by atoms with Crippen LogP contribution in [-0.2, 0) is 24.3 Å². The fraction of sp³-hybridized carbons (Fsp3) is 0.533. The summed E-state index contributed by atoms with van der Waals surface area (Å²) in [6.45, 7) is 1.55. The van der Waals surface area contributed by atoms with Gasteiger partial charge in [-0.05, 0) is 30.7 Å². The van der Waals surface area contributed by atoms with Crippen LogP contribution in [0.15, 0.2) is 29.2 Å². The van der Waals surface area contributed by atoms with Crippen molar-refractivity contribution in [1.82, 2.24) is 9.62 Å². The normalized spacial score (nSPS) is 11.7. The zero-order chi connectivity index (χ0) is 18.0. The predicted octanol–water partition coefficient (Wildman–Crippen LogP) is 0.615. The molecular weight excluding hydrogens is 339 g/mol. The summed E-state index contributed by atoms with van der Waals surface area (Å²) in [7, 11) is -0.948. The second-order valence-electron chi connectivity index (χ2n) is 5.02. The molecule has 0 radical (unpaired) electrons. The predicted molar refractivity (Wildman–Crippen MR) is 86.5 cm³/mol. The highest BCUT2D eigenvalue weighted by molar-refractivity contribution is 7.89. The molecule has 1 rings (SSSR count). The Morgan fingerprint density at radius 2 is 1.88 bits per heavy atom. The van der Waals surface area contributed by atoms with E-state index < -0.39 is 21.7 Å². The fourth-order valence-corrected chi connectivity index (χ4v) is 2.90. The van der Waals surface area contributed by atoms with E-state index >= 15 is 0 Å². The Bertz CT molecular complexity index is 607. The van der Waals surface area contributed by atoms with Gasteiger partial charge < -0.3 is 14.8 Å². The molecule has 0 atom stereocenters. The Hall–Kier alpha value is -1.55. The maximum atomic E-state index is 12.9. The fourth-order valence-electron chi connectivity index (χ4n) is 1.78. The Kier molecular flexibility index (Phi) is 8.83. The smallest absolute Gasteiger partial charge is 0.243 e. The molecule has 0 aliphatic rings. The van der Waals surface area contributed by atoms with Gasteiger partial charge in [0.05, 0.1) is 24.7 Å². The van der Waals surface area contributed by atoms with E-state index in [2.05, 4.69) is 5.32 Å². The molecule has 0 aliphatic heterocycles. The van der Waals surface area contributed by atoms with Crippen LogP contribution in [0, 0.1) is 5.82 Å². The molecule has 0 aliphatic carbocycles. The molecule has 0 saturated heterocycles. The summed E-state index contributed by atoms with van der Waals surface area (Å²) in [5.41, 5.74) is 0. The monoisotopic (exact) mass is 362 g/mol. The average molecular weight is 362 g/mol. The lowest BCUT2D eigenvalue weighted by atomic mass is 10.4. The number of hydrogen-bond donors (Lipinski definition) is 1. The molecule has 0 bridgehead atoms. The first-order valence-electron chi connectivity index (χ1n) is 7.43. The third-order valence-corrected chi connectivity index (χ3v) is 4.93. The number of nitrogens with zero attached hydrogens (tertiary/aromatic N) is 1. The van der Waals surface area contributed by atoms with E-state index in [1.54, 1.807) is 7.11 Å².